The molecule has 0 aliphatic heterocycles. The first-order valence-corrected chi connectivity index (χ1v) is 14.1. The number of carbonyl (C=O) groups is 1. The predicted molar refractivity (Wildman–Crippen MR) is 146 cm³/mol. The molecule has 0 amide bonds. The number of rotatable bonds is 20. The molecular weight excluding hydrogens is 414 g/mol. The van der Waals surface area contributed by atoms with Crippen molar-refractivity contribution < 1.29 is 9.36 Å². The van der Waals surface area contributed by atoms with E-state index >= 15 is 0 Å². The zero-order valence-electron chi connectivity index (χ0n) is 21.7. The van der Waals surface area contributed by atoms with Gasteiger partial charge in [-0.05, 0) is 18.1 Å². The van der Waals surface area contributed by atoms with Crippen LogP contribution in [0.5, 0.6) is 0 Å². The average molecular weight is 463 g/mol. The summed E-state index contributed by atoms with van der Waals surface area (Å²) >= 11 is 0. The molecule has 0 unspecified atom stereocenters. The van der Waals surface area contributed by atoms with Gasteiger partial charge in [0.2, 0.25) is 0 Å². The van der Waals surface area contributed by atoms with Gasteiger partial charge in [-0.15, -0.1) is 0 Å². The SMILES string of the molecule is CCCCCCCCCCCCCCCCCC[n+]1ccc(/C=C/C(=O)c2ccccc2)cc1. The highest BCUT2D eigenvalue weighted by Crippen LogP contribution is 2.13. The van der Waals surface area contributed by atoms with Crippen LogP contribution in [0.15, 0.2) is 60.9 Å². The van der Waals surface area contributed by atoms with Crippen molar-refractivity contribution in [3.63, 3.8) is 0 Å². The maximum atomic E-state index is 12.2. The van der Waals surface area contributed by atoms with E-state index in [0.29, 0.717) is 0 Å². The second-order valence-corrected chi connectivity index (χ2v) is 9.74. The summed E-state index contributed by atoms with van der Waals surface area (Å²) in [5, 5.41) is 0. The van der Waals surface area contributed by atoms with Crippen LogP contribution in [0.4, 0.5) is 0 Å². The largest absolute Gasteiger partial charge is 0.289 e. The molecule has 34 heavy (non-hydrogen) atoms. The van der Waals surface area contributed by atoms with Crippen molar-refractivity contribution in [2.75, 3.05) is 0 Å². The number of hydrogen-bond acceptors (Lipinski definition) is 1. The average Bonchev–Trinajstić information content (AvgIpc) is 2.88. The maximum Gasteiger partial charge on any atom is 0.185 e. The lowest BCUT2D eigenvalue weighted by Gasteiger charge is -2.03. The second-order valence-electron chi connectivity index (χ2n) is 9.74. The Kier molecular flexibility index (Phi) is 15.8. The maximum absolute atomic E-state index is 12.2. The van der Waals surface area contributed by atoms with Crippen LogP contribution in [0.3, 0.4) is 0 Å². The molecule has 0 atom stereocenters. The molecule has 0 aliphatic carbocycles. The first-order valence-electron chi connectivity index (χ1n) is 14.1. The number of ketones is 1. The van der Waals surface area contributed by atoms with E-state index in [-0.39, 0.29) is 5.78 Å². The molecule has 0 N–H and O–H groups in total. The van der Waals surface area contributed by atoms with Gasteiger partial charge >= 0.3 is 0 Å². The lowest BCUT2D eigenvalue weighted by molar-refractivity contribution is -0.697. The van der Waals surface area contributed by atoms with Crippen LogP contribution in [-0.4, -0.2) is 5.78 Å². The Morgan fingerprint density at radius 3 is 1.62 bits per heavy atom. The standard InChI is InChI=1S/C32H48NO/c1-2-3-4-5-6-7-8-9-10-11-12-13-14-15-16-20-27-33-28-25-30(26-29-33)23-24-32(34)31-21-18-17-19-22-31/h17-19,21-26,28-29H,2-16,20,27H2,1H3/q+1/b24-23+. The van der Waals surface area contributed by atoms with E-state index in [4.69, 9.17) is 0 Å². The molecule has 0 radical (unpaired) electrons. The molecule has 0 spiro atoms. The van der Waals surface area contributed by atoms with Crippen LogP contribution in [0.1, 0.15) is 126 Å². The number of benzene rings is 1. The first kappa shape index (κ1) is 28.0. The van der Waals surface area contributed by atoms with Crippen molar-refractivity contribution in [3.05, 3.63) is 72.1 Å². The molecule has 0 saturated heterocycles. The molecular formula is C32H48NO+. The summed E-state index contributed by atoms with van der Waals surface area (Å²) in [6, 6.07) is 13.6. The molecule has 0 aliphatic rings. The number of hydrogen-bond donors (Lipinski definition) is 0. The van der Waals surface area contributed by atoms with Gasteiger partial charge in [-0.2, -0.15) is 0 Å². The van der Waals surface area contributed by atoms with Gasteiger partial charge in [0.05, 0.1) is 0 Å². The zero-order chi connectivity index (χ0) is 24.1. The molecule has 2 heteroatoms. The molecule has 1 aromatic heterocycles. The summed E-state index contributed by atoms with van der Waals surface area (Å²) in [5.74, 6) is 0.0468. The van der Waals surface area contributed by atoms with Gasteiger partial charge in [0.1, 0.15) is 6.54 Å². The smallest absolute Gasteiger partial charge is 0.185 e. The third-order valence-electron chi connectivity index (χ3n) is 6.67. The van der Waals surface area contributed by atoms with E-state index in [2.05, 4.69) is 36.0 Å². The minimum Gasteiger partial charge on any atom is -0.289 e. The Balaban J connectivity index is 1.42. The van der Waals surface area contributed by atoms with E-state index in [0.717, 1.165) is 17.7 Å². The topological polar surface area (TPSA) is 20.9 Å². The van der Waals surface area contributed by atoms with E-state index in [1.165, 1.54) is 103 Å². The van der Waals surface area contributed by atoms with Gasteiger partial charge in [-0.25, -0.2) is 4.57 Å². The van der Waals surface area contributed by atoms with Gasteiger partial charge in [0.15, 0.2) is 18.2 Å². The monoisotopic (exact) mass is 462 g/mol. The van der Waals surface area contributed by atoms with Crippen molar-refractivity contribution in [1.29, 1.82) is 0 Å². The first-order chi connectivity index (χ1) is 16.8. The van der Waals surface area contributed by atoms with E-state index in [1.807, 2.05) is 36.4 Å². The normalized spacial score (nSPS) is 11.3. The third-order valence-corrected chi connectivity index (χ3v) is 6.67. The number of aryl methyl sites for hydroxylation is 1. The molecule has 1 aromatic carbocycles. The Morgan fingerprint density at radius 2 is 1.12 bits per heavy atom. The van der Waals surface area contributed by atoms with Crippen LogP contribution in [0.2, 0.25) is 0 Å². The highest BCUT2D eigenvalue weighted by atomic mass is 16.1. The lowest BCUT2D eigenvalue weighted by Crippen LogP contribution is -2.32. The number of carbonyl (C=O) groups excluding carboxylic acids is 1. The highest BCUT2D eigenvalue weighted by molar-refractivity contribution is 6.06. The van der Waals surface area contributed by atoms with Gasteiger partial charge in [0.25, 0.3) is 0 Å². The molecule has 186 valence electrons. The number of nitrogens with zero attached hydrogens (tertiary/aromatic N) is 1. The van der Waals surface area contributed by atoms with Gasteiger partial charge in [-0.1, -0.05) is 133 Å². The summed E-state index contributed by atoms with van der Waals surface area (Å²) in [6.45, 7) is 3.36. The quantitative estimate of drug-likeness (QED) is 0.0831. The van der Waals surface area contributed by atoms with Gasteiger partial charge in [-0.3, -0.25) is 4.79 Å². The number of pyridine rings is 1. The Hall–Kier alpha value is -2.22. The van der Waals surface area contributed by atoms with Crippen molar-refractivity contribution in [1.82, 2.24) is 0 Å². The molecule has 1 heterocycles. The van der Waals surface area contributed by atoms with Crippen molar-refractivity contribution in [2.24, 2.45) is 0 Å². The van der Waals surface area contributed by atoms with Crippen LogP contribution in [-0.2, 0) is 6.54 Å². The molecule has 0 saturated carbocycles. The Morgan fingerprint density at radius 1 is 0.647 bits per heavy atom. The molecule has 2 rings (SSSR count). The Labute approximate surface area is 209 Å². The van der Waals surface area contributed by atoms with Crippen molar-refractivity contribution in [2.45, 2.75) is 116 Å². The van der Waals surface area contributed by atoms with E-state index < -0.39 is 0 Å². The Bertz CT molecular complexity index is 778. The lowest BCUT2D eigenvalue weighted by atomic mass is 10.0. The fourth-order valence-electron chi connectivity index (χ4n) is 4.44. The van der Waals surface area contributed by atoms with Crippen molar-refractivity contribution >= 4 is 11.9 Å². The third kappa shape index (κ3) is 13.5. The summed E-state index contributed by atoms with van der Waals surface area (Å²) in [7, 11) is 0. The second kappa shape index (κ2) is 19.1. The summed E-state index contributed by atoms with van der Waals surface area (Å²) in [6.07, 6.45) is 30.3. The van der Waals surface area contributed by atoms with E-state index in [1.54, 1.807) is 6.08 Å². The van der Waals surface area contributed by atoms with Crippen molar-refractivity contribution in [3.8, 4) is 0 Å². The summed E-state index contributed by atoms with van der Waals surface area (Å²) < 4.78 is 2.25. The minimum atomic E-state index is 0.0468. The molecule has 2 aromatic rings. The van der Waals surface area contributed by atoms with E-state index in [9.17, 15) is 4.79 Å². The van der Waals surface area contributed by atoms with Crippen LogP contribution in [0, 0.1) is 0 Å². The van der Waals surface area contributed by atoms with Crippen LogP contribution >= 0.6 is 0 Å². The van der Waals surface area contributed by atoms with Gasteiger partial charge in [0, 0.05) is 24.1 Å². The molecule has 2 nitrogen and oxygen atoms in total. The number of unbranched alkanes of at least 4 members (excludes halogenated alkanes) is 15. The zero-order valence-corrected chi connectivity index (χ0v) is 21.7. The number of aromatic nitrogens is 1. The van der Waals surface area contributed by atoms with Crippen LogP contribution < -0.4 is 4.57 Å². The summed E-state index contributed by atoms with van der Waals surface area (Å²) in [4.78, 5) is 12.2. The molecule has 0 fully saturated rings. The number of allylic oxidation sites excluding steroid dienone is 1. The predicted octanol–water partition coefficient (Wildman–Crippen LogP) is 9.13. The minimum absolute atomic E-state index is 0.0468. The van der Waals surface area contributed by atoms with Crippen LogP contribution in [0.25, 0.3) is 6.08 Å². The summed E-state index contributed by atoms with van der Waals surface area (Å²) in [5.41, 5.74) is 1.79. The molecule has 0 bridgehead atoms. The fraction of sp³-hybridized carbons (Fsp3) is 0.562. The highest BCUT2D eigenvalue weighted by Gasteiger charge is 2.02. The fourth-order valence-corrected chi connectivity index (χ4v) is 4.44. The van der Waals surface area contributed by atoms with Gasteiger partial charge < -0.3 is 0 Å².